The first-order valence-electron chi connectivity index (χ1n) is 6.24. The second-order valence-electron chi connectivity index (χ2n) is 4.46. The number of hydrogen-bond donors (Lipinski definition) is 1. The Labute approximate surface area is 139 Å². The fraction of sp³-hybridized carbons (Fsp3) is 0.143. The van der Waals surface area contributed by atoms with Crippen LogP contribution >= 0.6 is 15.9 Å². The molecule has 0 amide bonds. The lowest BCUT2D eigenvalue weighted by molar-refractivity contribution is -0.153. The first kappa shape index (κ1) is 17.6. The molecule has 0 bridgehead atoms. The molecule has 2 rings (SSSR count). The number of para-hydroxylation sites is 2. The highest BCUT2D eigenvalue weighted by atomic mass is 79.9. The van der Waals surface area contributed by atoms with Gasteiger partial charge in [0.25, 0.3) is 10.0 Å². The highest BCUT2D eigenvalue weighted by Gasteiger charge is 2.29. The van der Waals surface area contributed by atoms with Crippen LogP contribution < -0.4 is 9.46 Å². The Bertz CT molecular complexity index is 794. The average molecular weight is 410 g/mol. The van der Waals surface area contributed by atoms with Gasteiger partial charge in [-0.3, -0.25) is 4.72 Å². The van der Waals surface area contributed by atoms with Crippen molar-refractivity contribution >= 4 is 31.6 Å². The molecule has 0 aliphatic carbocycles. The molecule has 0 heterocycles. The monoisotopic (exact) mass is 409 g/mol. The maximum absolute atomic E-state index is 12.3. The van der Waals surface area contributed by atoms with E-state index >= 15 is 0 Å². The molecule has 23 heavy (non-hydrogen) atoms. The van der Waals surface area contributed by atoms with Gasteiger partial charge >= 0.3 is 6.18 Å². The molecule has 0 aliphatic rings. The molecular formula is C14H11BrF3NO3S. The molecule has 0 spiro atoms. The van der Waals surface area contributed by atoms with Crippen molar-refractivity contribution in [3.05, 3.63) is 53.0 Å². The zero-order valence-corrected chi connectivity index (χ0v) is 13.9. The topological polar surface area (TPSA) is 55.4 Å². The zero-order valence-electron chi connectivity index (χ0n) is 11.5. The smallest absolute Gasteiger partial charge is 0.422 e. The Kier molecular flexibility index (Phi) is 5.20. The second kappa shape index (κ2) is 6.79. The van der Waals surface area contributed by atoms with Crippen molar-refractivity contribution in [3.8, 4) is 5.75 Å². The molecule has 0 aromatic heterocycles. The van der Waals surface area contributed by atoms with Crippen molar-refractivity contribution in [3.63, 3.8) is 0 Å². The lowest BCUT2D eigenvalue weighted by Gasteiger charge is -2.14. The molecule has 1 N–H and O–H groups in total. The van der Waals surface area contributed by atoms with E-state index in [0.29, 0.717) is 4.47 Å². The third-order valence-corrected chi connectivity index (χ3v) is 4.49. The van der Waals surface area contributed by atoms with Crippen molar-refractivity contribution < 1.29 is 26.3 Å². The average Bonchev–Trinajstić information content (AvgIpc) is 2.45. The van der Waals surface area contributed by atoms with E-state index < -0.39 is 22.8 Å². The molecule has 0 fully saturated rings. The van der Waals surface area contributed by atoms with Crippen molar-refractivity contribution in [2.24, 2.45) is 0 Å². The van der Waals surface area contributed by atoms with Gasteiger partial charge in [0.05, 0.1) is 10.6 Å². The zero-order chi connectivity index (χ0) is 17.1. The lowest BCUT2D eigenvalue weighted by Crippen LogP contribution is -2.20. The molecule has 2 aromatic carbocycles. The Morgan fingerprint density at radius 1 is 1.09 bits per heavy atom. The Morgan fingerprint density at radius 3 is 2.43 bits per heavy atom. The molecule has 0 radical (unpaired) electrons. The van der Waals surface area contributed by atoms with Gasteiger partial charge in [-0.25, -0.2) is 8.42 Å². The SMILES string of the molecule is O=S(=O)(Nc1ccccc1OCC(F)(F)F)c1cccc(Br)c1. The fourth-order valence-electron chi connectivity index (χ4n) is 1.67. The van der Waals surface area contributed by atoms with E-state index in [1.807, 2.05) is 0 Å². The largest absolute Gasteiger partial charge is 0.482 e. The molecular weight excluding hydrogens is 399 g/mol. The van der Waals surface area contributed by atoms with Crippen LogP contribution in [0.15, 0.2) is 57.9 Å². The van der Waals surface area contributed by atoms with E-state index in [4.69, 9.17) is 0 Å². The molecule has 2 aromatic rings. The van der Waals surface area contributed by atoms with Crippen LogP contribution in [-0.2, 0) is 10.0 Å². The van der Waals surface area contributed by atoms with Gasteiger partial charge in [0.2, 0.25) is 0 Å². The minimum Gasteiger partial charge on any atom is -0.482 e. The fourth-order valence-corrected chi connectivity index (χ4v) is 3.34. The Morgan fingerprint density at radius 2 is 1.78 bits per heavy atom. The number of ether oxygens (including phenoxy) is 1. The lowest BCUT2D eigenvalue weighted by atomic mass is 10.3. The summed E-state index contributed by atoms with van der Waals surface area (Å²) in [6.07, 6.45) is -4.52. The van der Waals surface area contributed by atoms with Crippen molar-refractivity contribution in [1.29, 1.82) is 0 Å². The summed E-state index contributed by atoms with van der Waals surface area (Å²) < 4.78 is 68.8. The van der Waals surface area contributed by atoms with Crippen LogP contribution in [0.4, 0.5) is 18.9 Å². The van der Waals surface area contributed by atoms with Gasteiger partial charge in [-0.1, -0.05) is 34.1 Å². The van der Waals surface area contributed by atoms with E-state index in [9.17, 15) is 21.6 Å². The maximum atomic E-state index is 12.3. The summed E-state index contributed by atoms with van der Waals surface area (Å²) in [6.45, 7) is -1.51. The number of anilines is 1. The Balaban J connectivity index is 2.26. The van der Waals surface area contributed by atoms with E-state index in [0.717, 1.165) is 0 Å². The molecule has 9 heteroatoms. The number of sulfonamides is 1. The van der Waals surface area contributed by atoms with Crippen LogP contribution in [0.25, 0.3) is 0 Å². The first-order chi connectivity index (χ1) is 10.7. The van der Waals surface area contributed by atoms with E-state index in [1.54, 1.807) is 6.07 Å². The van der Waals surface area contributed by atoms with Gasteiger partial charge in [-0.05, 0) is 30.3 Å². The van der Waals surface area contributed by atoms with Gasteiger partial charge in [-0.15, -0.1) is 0 Å². The van der Waals surface area contributed by atoms with Crippen LogP contribution in [0, 0.1) is 0 Å². The number of benzene rings is 2. The summed E-state index contributed by atoms with van der Waals surface area (Å²) in [5.41, 5.74) is -0.0725. The quantitative estimate of drug-likeness (QED) is 0.805. The predicted octanol–water partition coefficient (Wildman–Crippen LogP) is 4.19. The number of nitrogens with one attached hydrogen (secondary N) is 1. The van der Waals surface area contributed by atoms with Gasteiger partial charge < -0.3 is 4.74 Å². The minimum absolute atomic E-state index is 0.0301. The van der Waals surface area contributed by atoms with Crippen LogP contribution in [0.5, 0.6) is 5.75 Å². The number of hydrogen-bond acceptors (Lipinski definition) is 3. The van der Waals surface area contributed by atoms with E-state index in [1.165, 1.54) is 42.5 Å². The highest BCUT2D eigenvalue weighted by Crippen LogP contribution is 2.28. The van der Waals surface area contributed by atoms with E-state index in [-0.39, 0.29) is 16.3 Å². The van der Waals surface area contributed by atoms with Crippen LogP contribution in [-0.4, -0.2) is 21.2 Å². The third-order valence-electron chi connectivity index (χ3n) is 2.63. The molecule has 4 nitrogen and oxygen atoms in total. The second-order valence-corrected chi connectivity index (χ2v) is 7.06. The van der Waals surface area contributed by atoms with Gasteiger partial charge in [0.15, 0.2) is 6.61 Å². The van der Waals surface area contributed by atoms with Gasteiger partial charge in [0.1, 0.15) is 5.75 Å². The predicted molar refractivity (Wildman–Crippen MR) is 82.9 cm³/mol. The number of halogens is 4. The molecule has 0 saturated heterocycles. The summed E-state index contributed by atoms with van der Waals surface area (Å²) in [6, 6.07) is 11.4. The molecule has 0 aliphatic heterocycles. The number of alkyl halides is 3. The standard InChI is InChI=1S/C14H11BrF3NO3S/c15-10-4-3-5-11(8-10)23(20,21)19-12-6-1-2-7-13(12)22-9-14(16,17)18/h1-8,19H,9H2. The summed E-state index contributed by atoms with van der Waals surface area (Å²) in [7, 11) is -3.95. The third kappa shape index (κ3) is 5.14. The molecule has 124 valence electrons. The summed E-state index contributed by atoms with van der Waals surface area (Å²) in [5, 5.41) is 0. The summed E-state index contributed by atoms with van der Waals surface area (Å²) in [5.74, 6) is -0.205. The van der Waals surface area contributed by atoms with Crippen molar-refractivity contribution in [2.45, 2.75) is 11.1 Å². The van der Waals surface area contributed by atoms with Crippen molar-refractivity contribution in [1.82, 2.24) is 0 Å². The minimum atomic E-state index is -4.52. The first-order valence-corrected chi connectivity index (χ1v) is 8.52. The van der Waals surface area contributed by atoms with Crippen LogP contribution in [0.2, 0.25) is 0 Å². The maximum Gasteiger partial charge on any atom is 0.422 e. The summed E-state index contributed by atoms with van der Waals surface area (Å²) >= 11 is 3.16. The normalized spacial score (nSPS) is 12.0. The van der Waals surface area contributed by atoms with Crippen LogP contribution in [0.1, 0.15) is 0 Å². The van der Waals surface area contributed by atoms with Crippen molar-refractivity contribution in [2.75, 3.05) is 11.3 Å². The number of rotatable bonds is 5. The summed E-state index contributed by atoms with van der Waals surface area (Å²) in [4.78, 5) is -0.0301. The van der Waals surface area contributed by atoms with E-state index in [2.05, 4.69) is 25.4 Å². The highest BCUT2D eigenvalue weighted by molar-refractivity contribution is 9.10. The van der Waals surface area contributed by atoms with Gasteiger partial charge in [0, 0.05) is 4.47 Å². The van der Waals surface area contributed by atoms with Gasteiger partial charge in [-0.2, -0.15) is 13.2 Å². The molecule has 0 atom stereocenters. The Hall–Kier alpha value is -1.74. The molecule has 0 unspecified atom stereocenters. The van der Waals surface area contributed by atoms with Crippen LogP contribution in [0.3, 0.4) is 0 Å². The molecule has 0 saturated carbocycles.